The van der Waals surface area contributed by atoms with Gasteiger partial charge in [0.15, 0.2) is 0 Å². The van der Waals surface area contributed by atoms with E-state index in [1.54, 1.807) is 7.11 Å². The fraction of sp³-hybridized carbons (Fsp3) is 0.423. The molecule has 0 saturated heterocycles. The van der Waals surface area contributed by atoms with E-state index in [4.69, 9.17) is 18.9 Å². The Kier molecular flexibility index (Phi) is 18.6. The molecule has 56 heavy (non-hydrogen) atoms. The Morgan fingerprint density at radius 1 is 0.518 bits per heavy atom. The molecule has 1 atom stereocenters. The summed E-state index contributed by atoms with van der Waals surface area (Å²) in [6.07, 6.45) is 18.0. The maximum Gasteiger partial charge on any atom is 0.143 e. The minimum Gasteiger partial charge on any atom is -0.497 e. The highest BCUT2D eigenvalue weighted by Gasteiger charge is 2.38. The van der Waals surface area contributed by atoms with Crippen molar-refractivity contribution >= 4 is 0 Å². The number of hydrogen-bond donors (Lipinski definition) is 0. The molecule has 298 valence electrons. The molecule has 5 aromatic rings. The maximum absolute atomic E-state index is 7.26. The lowest BCUT2D eigenvalue weighted by atomic mass is 9.80. The smallest absolute Gasteiger partial charge is 0.143 e. The van der Waals surface area contributed by atoms with Gasteiger partial charge in [-0.05, 0) is 70.8 Å². The molecule has 5 rings (SSSR count). The summed E-state index contributed by atoms with van der Waals surface area (Å²) >= 11 is 0. The molecule has 4 heteroatoms. The highest BCUT2D eigenvalue weighted by atomic mass is 16.6. The van der Waals surface area contributed by atoms with Crippen molar-refractivity contribution in [3.05, 3.63) is 167 Å². The number of ether oxygens (including phenoxy) is 4. The van der Waals surface area contributed by atoms with Gasteiger partial charge in [0.2, 0.25) is 0 Å². The van der Waals surface area contributed by atoms with Crippen LogP contribution in [-0.4, -0.2) is 26.4 Å². The molecule has 4 nitrogen and oxygen atoms in total. The Labute approximate surface area is 338 Å². The topological polar surface area (TPSA) is 36.9 Å². The predicted octanol–water partition coefficient (Wildman–Crippen LogP) is 13.5. The van der Waals surface area contributed by atoms with Crippen molar-refractivity contribution in [3.63, 3.8) is 0 Å². The van der Waals surface area contributed by atoms with Crippen LogP contribution in [0.1, 0.15) is 124 Å². The van der Waals surface area contributed by atoms with Gasteiger partial charge in [-0.15, -0.1) is 0 Å². The van der Waals surface area contributed by atoms with Crippen LogP contribution in [-0.2, 0) is 34.5 Å². The molecule has 0 bridgehead atoms. The lowest BCUT2D eigenvalue weighted by Crippen LogP contribution is -2.38. The molecule has 0 heterocycles. The van der Waals surface area contributed by atoms with E-state index in [0.29, 0.717) is 19.8 Å². The number of unbranched alkanes of at least 4 members (excludes halogenated alkanes) is 11. The van der Waals surface area contributed by atoms with E-state index in [0.717, 1.165) is 46.6 Å². The molecular formula is C52H66O4. The molecule has 0 amide bonds. The first-order valence-electron chi connectivity index (χ1n) is 21.5. The van der Waals surface area contributed by atoms with Gasteiger partial charge in [-0.2, -0.15) is 0 Å². The van der Waals surface area contributed by atoms with Gasteiger partial charge >= 0.3 is 0 Å². The van der Waals surface area contributed by atoms with Crippen LogP contribution in [0.3, 0.4) is 0 Å². The van der Waals surface area contributed by atoms with Crippen molar-refractivity contribution in [3.8, 4) is 11.5 Å². The lowest BCUT2D eigenvalue weighted by molar-refractivity contribution is -0.0827. The first kappa shape index (κ1) is 42.8. The van der Waals surface area contributed by atoms with Crippen LogP contribution in [0, 0.1) is 0 Å². The van der Waals surface area contributed by atoms with Gasteiger partial charge in [-0.1, -0.05) is 200 Å². The van der Waals surface area contributed by atoms with E-state index in [9.17, 15) is 0 Å². The van der Waals surface area contributed by atoms with E-state index in [1.165, 1.54) is 88.2 Å². The van der Waals surface area contributed by atoms with Gasteiger partial charge in [0.1, 0.15) is 29.8 Å². The Bertz CT molecular complexity index is 1710. The third-order valence-electron chi connectivity index (χ3n) is 10.9. The minimum absolute atomic E-state index is 0.308. The number of benzene rings is 5. The quantitative estimate of drug-likeness (QED) is 0.0395. The number of methoxy groups -OCH3 is 1. The lowest BCUT2D eigenvalue weighted by Gasteiger charge is -2.37. The highest BCUT2D eigenvalue weighted by molar-refractivity contribution is 5.48. The summed E-state index contributed by atoms with van der Waals surface area (Å²) in [5, 5.41) is 0. The molecule has 0 aliphatic rings. The zero-order valence-corrected chi connectivity index (χ0v) is 34.4. The van der Waals surface area contributed by atoms with Gasteiger partial charge in [-0.3, -0.25) is 0 Å². The molecule has 0 aromatic heterocycles. The van der Waals surface area contributed by atoms with E-state index < -0.39 is 5.60 Å². The zero-order valence-electron chi connectivity index (χ0n) is 34.4. The van der Waals surface area contributed by atoms with Crippen LogP contribution in [0.2, 0.25) is 0 Å². The average molecular weight is 755 g/mol. The molecular weight excluding hydrogens is 689 g/mol. The number of aryl methyl sites for hydroxylation is 2. The minimum atomic E-state index is -0.897. The van der Waals surface area contributed by atoms with Gasteiger partial charge in [-0.25, -0.2) is 0 Å². The largest absolute Gasteiger partial charge is 0.497 e. The van der Waals surface area contributed by atoms with Crippen LogP contribution < -0.4 is 9.47 Å². The van der Waals surface area contributed by atoms with Gasteiger partial charge in [0.25, 0.3) is 0 Å². The molecule has 0 aliphatic heterocycles. The van der Waals surface area contributed by atoms with Crippen molar-refractivity contribution in [2.45, 2.75) is 122 Å². The van der Waals surface area contributed by atoms with Gasteiger partial charge in [0.05, 0.1) is 20.3 Å². The van der Waals surface area contributed by atoms with Crippen LogP contribution in [0.25, 0.3) is 0 Å². The van der Waals surface area contributed by atoms with Crippen molar-refractivity contribution in [2.75, 3.05) is 20.3 Å². The van der Waals surface area contributed by atoms with E-state index in [1.807, 2.05) is 30.3 Å². The standard InChI is InChI=1S/C52H66O4/c1-4-6-7-8-9-10-11-12-13-14-15-19-26-43-33-34-45(5-2)51(39-43)55-41-50(54-40-44-27-20-16-21-28-44)42-56-52(46-29-22-17-23-30-46,47-31-24-18-25-32-47)48-35-37-49(53-3)38-36-48/h16-18,20-25,27-39,50H,4-15,19,26,40-42H2,1-3H3. The third-order valence-corrected chi connectivity index (χ3v) is 10.9. The van der Waals surface area contributed by atoms with Crippen molar-refractivity contribution in [1.29, 1.82) is 0 Å². The van der Waals surface area contributed by atoms with Gasteiger partial charge in [0, 0.05) is 0 Å². The number of hydrogen-bond acceptors (Lipinski definition) is 4. The van der Waals surface area contributed by atoms with Crippen molar-refractivity contribution < 1.29 is 18.9 Å². The van der Waals surface area contributed by atoms with E-state index in [2.05, 4.69) is 117 Å². The maximum atomic E-state index is 7.26. The zero-order chi connectivity index (χ0) is 39.1. The molecule has 0 aliphatic carbocycles. The van der Waals surface area contributed by atoms with Crippen LogP contribution in [0.4, 0.5) is 0 Å². The molecule has 1 unspecified atom stereocenters. The van der Waals surface area contributed by atoms with Crippen LogP contribution in [0.15, 0.2) is 133 Å². The summed E-state index contributed by atoms with van der Waals surface area (Å²) < 4.78 is 26.2. The fourth-order valence-corrected chi connectivity index (χ4v) is 7.61. The Hall–Kier alpha value is -4.38. The molecule has 0 radical (unpaired) electrons. The van der Waals surface area contributed by atoms with Crippen LogP contribution in [0.5, 0.6) is 11.5 Å². The second-order valence-electron chi connectivity index (χ2n) is 15.1. The molecule has 5 aromatic carbocycles. The fourth-order valence-electron chi connectivity index (χ4n) is 7.61. The molecule has 0 fully saturated rings. The summed E-state index contributed by atoms with van der Waals surface area (Å²) in [7, 11) is 1.70. The SMILES string of the molecule is CCCCCCCCCCCCCCc1ccc(CC)c(OCC(COC(c2ccccc2)(c2ccccc2)c2ccc(OC)cc2)OCc2ccccc2)c1. The summed E-state index contributed by atoms with van der Waals surface area (Å²) in [5.74, 6) is 1.75. The highest BCUT2D eigenvalue weighted by Crippen LogP contribution is 2.41. The summed E-state index contributed by atoms with van der Waals surface area (Å²) in [6.45, 7) is 5.62. The first-order chi connectivity index (χ1) is 27.7. The summed E-state index contributed by atoms with van der Waals surface area (Å²) in [6, 6.07) is 46.3. The second kappa shape index (κ2) is 24.3. The third kappa shape index (κ3) is 13.1. The number of rotatable bonds is 27. The second-order valence-corrected chi connectivity index (χ2v) is 15.1. The average Bonchev–Trinajstić information content (AvgIpc) is 3.26. The Morgan fingerprint density at radius 2 is 1.05 bits per heavy atom. The van der Waals surface area contributed by atoms with E-state index in [-0.39, 0.29) is 6.10 Å². The normalized spacial score (nSPS) is 12.1. The van der Waals surface area contributed by atoms with Crippen molar-refractivity contribution in [1.82, 2.24) is 0 Å². The van der Waals surface area contributed by atoms with Crippen molar-refractivity contribution in [2.24, 2.45) is 0 Å². The summed E-state index contributed by atoms with van der Waals surface area (Å²) in [4.78, 5) is 0. The monoisotopic (exact) mass is 754 g/mol. The summed E-state index contributed by atoms with van der Waals surface area (Å²) in [5.41, 5.74) is 5.87. The molecule has 0 saturated carbocycles. The predicted molar refractivity (Wildman–Crippen MR) is 233 cm³/mol. The first-order valence-corrected chi connectivity index (χ1v) is 21.5. The Balaban J connectivity index is 1.28. The van der Waals surface area contributed by atoms with E-state index >= 15 is 0 Å². The molecule has 0 spiro atoms. The van der Waals surface area contributed by atoms with Crippen LogP contribution >= 0.6 is 0 Å². The van der Waals surface area contributed by atoms with Gasteiger partial charge < -0.3 is 18.9 Å². The molecule has 0 N–H and O–H groups in total. The Morgan fingerprint density at radius 3 is 1.61 bits per heavy atom.